The third-order valence-corrected chi connectivity index (χ3v) is 14.9. The fourth-order valence-electron chi connectivity index (χ4n) is 5.61. The number of hydrogen-bond donors (Lipinski definition) is 6. The highest BCUT2D eigenvalue weighted by Crippen LogP contribution is 2.40. The number of para-hydroxylation sites is 2. The van der Waals surface area contributed by atoms with E-state index >= 15 is 0 Å². The molecule has 0 fully saturated rings. The Kier molecular flexibility index (Phi) is 19.8. The van der Waals surface area contributed by atoms with Gasteiger partial charge in [0.15, 0.2) is 11.6 Å². The third-order valence-electron chi connectivity index (χ3n) is 8.68. The van der Waals surface area contributed by atoms with Gasteiger partial charge < -0.3 is 45.6 Å². The number of nitrogen functional groups attached to an aromatic ring is 1. The lowest BCUT2D eigenvalue weighted by atomic mass is 10.2. The number of nitrogens with two attached hydrogens (primary N) is 1. The highest BCUT2D eigenvalue weighted by atomic mass is 35.7. The second-order valence-corrected chi connectivity index (χ2v) is 26.7. The second-order valence-electron chi connectivity index (χ2n) is 14.6. The van der Waals surface area contributed by atoms with E-state index in [9.17, 15) is 26.0 Å². The first kappa shape index (κ1) is 55.3. The molecule has 2 aromatic heterocycles. The first-order valence-corrected chi connectivity index (χ1v) is 30.1. The normalized spacial score (nSPS) is 11.4. The lowest BCUT2D eigenvalue weighted by Crippen LogP contribution is -2.11. The number of rotatable bonds is 17. The minimum atomic E-state index is -3.68. The van der Waals surface area contributed by atoms with Crippen molar-refractivity contribution in [3.05, 3.63) is 119 Å². The SMILES string of the molecule is C=CS(=O)(=O)Nc1ccc(OC)c(Nc2ncc(Cl)c(Nc3ccccc3P(C)(C)=O)n2)c1.COc1ccc(N)cc1Nc1ncc(Cl)c(Nc2ccccc2P(C)(C)=O)n1.O=S(=O)(Cl)CCCl. The molecule has 0 saturated heterocycles. The highest BCUT2D eigenvalue weighted by molar-refractivity contribution is 8.13. The maximum absolute atomic E-state index is 12.7. The van der Waals surface area contributed by atoms with E-state index in [-0.39, 0.29) is 22.6 Å². The van der Waals surface area contributed by atoms with Gasteiger partial charge in [-0.3, -0.25) is 4.72 Å². The standard InChI is InChI=1S/C21H23ClN5O4PS.C19H21ClN5O2P.C2H4Cl2O2S/c1-5-33(29,30)27-14-10-11-18(31-2)17(12-14)25-21-23-13-15(22)20(26-21)24-16-8-6-7-9-19(16)32(3,4)28;1-27-16-9-8-12(21)10-15(16)24-19-22-11-13(20)18(25-19)23-14-6-4-5-7-17(14)28(2,3)26;3-1-2-7(4,5)6/h5-13,27H,1H2,2-4H3,(H2,23,24,25,26);4-11H,21H2,1-3H3,(H2,22,23,24,25);1-2H2. The first-order chi connectivity index (χ1) is 31.9. The summed E-state index contributed by atoms with van der Waals surface area (Å²) in [7, 11) is -4.29. The van der Waals surface area contributed by atoms with E-state index < -0.39 is 33.4 Å². The highest BCUT2D eigenvalue weighted by Gasteiger charge is 2.19. The number of aromatic nitrogens is 4. The van der Waals surface area contributed by atoms with Crippen molar-refractivity contribution in [3.63, 3.8) is 0 Å². The fraction of sp³-hybridized carbons (Fsp3) is 0.190. The summed E-state index contributed by atoms with van der Waals surface area (Å²) in [6.07, 6.45) is 2.90. The van der Waals surface area contributed by atoms with Crippen molar-refractivity contribution in [3.8, 4) is 11.5 Å². The molecule has 364 valence electrons. The van der Waals surface area contributed by atoms with Crippen molar-refractivity contribution in [2.45, 2.75) is 0 Å². The van der Waals surface area contributed by atoms with Crippen molar-refractivity contribution in [1.29, 1.82) is 0 Å². The second kappa shape index (κ2) is 24.3. The number of methoxy groups -OCH3 is 2. The number of nitrogens with zero attached hydrogens (tertiary/aromatic N) is 4. The molecule has 4 aromatic carbocycles. The Morgan fingerprint density at radius 1 is 0.676 bits per heavy atom. The minimum Gasteiger partial charge on any atom is -0.495 e. The van der Waals surface area contributed by atoms with E-state index in [4.69, 9.17) is 60.7 Å². The van der Waals surface area contributed by atoms with Crippen molar-refractivity contribution in [2.24, 2.45) is 0 Å². The number of ether oxygens (including phenoxy) is 2. The Morgan fingerprint density at radius 2 is 1.12 bits per heavy atom. The van der Waals surface area contributed by atoms with Crippen LogP contribution in [-0.4, -0.2) is 89.3 Å². The average molecular weight is 1090 g/mol. The number of hydrogen-bond acceptors (Lipinski definition) is 17. The Morgan fingerprint density at radius 3 is 1.51 bits per heavy atom. The lowest BCUT2D eigenvalue weighted by Gasteiger charge is -2.16. The smallest absolute Gasteiger partial charge is 0.254 e. The predicted molar refractivity (Wildman–Crippen MR) is 282 cm³/mol. The topological polar surface area (TPSA) is 259 Å². The van der Waals surface area contributed by atoms with Crippen LogP contribution in [0.1, 0.15) is 0 Å². The van der Waals surface area contributed by atoms with Crippen molar-refractivity contribution in [1.82, 2.24) is 19.9 Å². The van der Waals surface area contributed by atoms with Gasteiger partial charge in [-0.2, -0.15) is 9.97 Å². The molecule has 0 aliphatic rings. The van der Waals surface area contributed by atoms with Crippen LogP contribution in [0.25, 0.3) is 0 Å². The zero-order valence-electron chi connectivity index (χ0n) is 37.3. The van der Waals surface area contributed by atoms with Crippen molar-refractivity contribution >= 4 is 147 Å². The molecular weight excluding hydrogens is 1040 g/mol. The molecule has 68 heavy (non-hydrogen) atoms. The van der Waals surface area contributed by atoms with E-state index in [2.05, 4.69) is 52.5 Å². The number of sulfonamides is 1. The lowest BCUT2D eigenvalue weighted by molar-refractivity contribution is 0.417. The number of benzene rings is 4. The van der Waals surface area contributed by atoms with Gasteiger partial charge in [0.1, 0.15) is 35.8 Å². The number of alkyl halides is 1. The Hall–Kier alpha value is -5.30. The summed E-state index contributed by atoms with van der Waals surface area (Å²) in [5.41, 5.74) is 9.07. The molecule has 0 radical (unpaired) electrons. The maximum Gasteiger partial charge on any atom is 0.254 e. The minimum absolute atomic E-state index is 0.0613. The van der Waals surface area contributed by atoms with E-state index in [1.807, 2.05) is 36.4 Å². The van der Waals surface area contributed by atoms with Gasteiger partial charge in [0, 0.05) is 38.3 Å². The molecule has 0 spiro atoms. The molecule has 0 atom stereocenters. The summed E-state index contributed by atoms with van der Waals surface area (Å²) >= 11 is 17.6. The third kappa shape index (κ3) is 17.0. The molecule has 0 bridgehead atoms. The van der Waals surface area contributed by atoms with E-state index in [0.29, 0.717) is 73.5 Å². The Balaban J connectivity index is 0.000000262. The van der Waals surface area contributed by atoms with Crippen LogP contribution in [0.2, 0.25) is 10.0 Å². The van der Waals surface area contributed by atoms with Crippen LogP contribution >= 0.6 is 59.8 Å². The average Bonchev–Trinajstić information content (AvgIpc) is 3.26. The van der Waals surface area contributed by atoms with Gasteiger partial charge in [-0.05, 0) is 87.3 Å². The summed E-state index contributed by atoms with van der Waals surface area (Å²) in [4.78, 5) is 17.2. The predicted octanol–water partition coefficient (Wildman–Crippen LogP) is 10.0. The summed E-state index contributed by atoms with van der Waals surface area (Å²) in [6.45, 7) is 10.1. The molecule has 0 aliphatic heterocycles. The first-order valence-electron chi connectivity index (χ1n) is 19.5. The fourth-order valence-corrected chi connectivity index (χ4v) is 10.0. The summed E-state index contributed by atoms with van der Waals surface area (Å²) in [5, 5.41) is 15.2. The molecule has 0 amide bonds. The molecule has 0 unspecified atom stereocenters. The molecule has 6 rings (SSSR count). The summed E-state index contributed by atoms with van der Waals surface area (Å²) in [5.74, 6) is 2.13. The Bertz CT molecular complexity index is 3080. The molecule has 0 saturated carbocycles. The Labute approximate surface area is 415 Å². The van der Waals surface area contributed by atoms with Gasteiger partial charge in [0.2, 0.25) is 20.9 Å². The molecule has 6 aromatic rings. The zero-order chi connectivity index (χ0) is 50.5. The number of halogens is 4. The molecule has 2 heterocycles. The van der Waals surface area contributed by atoms with Gasteiger partial charge in [-0.15, -0.1) is 11.6 Å². The van der Waals surface area contributed by atoms with Crippen molar-refractivity contribution < 1.29 is 35.4 Å². The van der Waals surface area contributed by atoms with Crippen LogP contribution in [0.4, 0.5) is 57.7 Å². The largest absolute Gasteiger partial charge is 0.495 e. The number of anilines is 10. The van der Waals surface area contributed by atoms with Crippen molar-refractivity contribution in [2.75, 3.05) is 84.2 Å². The molecule has 26 heteroatoms. The van der Waals surface area contributed by atoms with Crippen LogP contribution in [0, 0.1) is 0 Å². The molecule has 7 N–H and O–H groups in total. The molecular formula is C42H48Cl4N10O8P2S2. The van der Waals surface area contributed by atoms with Crippen LogP contribution in [0.5, 0.6) is 11.5 Å². The van der Waals surface area contributed by atoms with Gasteiger partial charge in [-0.1, -0.05) is 54.0 Å². The van der Waals surface area contributed by atoms with E-state index in [1.54, 1.807) is 76.2 Å². The van der Waals surface area contributed by atoms with E-state index in [0.717, 1.165) is 10.7 Å². The van der Waals surface area contributed by atoms with Gasteiger partial charge in [-0.25, -0.2) is 26.8 Å². The summed E-state index contributed by atoms with van der Waals surface area (Å²) < 4.78 is 81.7. The van der Waals surface area contributed by atoms with Gasteiger partial charge in [0.05, 0.1) is 60.8 Å². The number of nitrogens with one attached hydrogen (secondary N) is 5. The molecule has 18 nitrogen and oxygen atoms in total. The van der Waals surface area contributed by atoms with Crippen LogP contribution < -0.4 is 51.8 Å². The van der Waals surface area contributed by atoms with E-state index in [1.165, 1.54) is 25.6 Å². The monoisotopic (exact) mass is 1090 g/mol. The van der Waals surface area contributed by atoms with Gasteiger partial charge >= 0.3 is 0 Å². The molecule has 0 aliphatic carbocycles. The summed E-state index contributed by atoms with van der Waals surface area (Å²) in [6, 6.07) is 24.5. The van der Waals surface area contributed by atoms with Gasteiger partial charge in [0.25, 0.3) is 10.0 Å². The van der Waals surface area contributed by atoms with Crippen LogP contribution in [0.15, 0.2) is 109 Å². The van der Waals surface area contributed by atoms with Crippen LogP contribution in [0.3, 0.4) is 0 Å². The maximum atomic E-state index is 12.7. The van der Waals surface area contributed by atoms with Crippen LogP contribution in [-0.2, 0) is 28.2 Å². The zero-order valence-corrected chi connectivity index (χ0v) is 43.7. The quantitative estimate of drug-likeness (QED) is 0.0215.